The molecule has 2 saturated carbocycles. The van der Waals surface area contributed by atoms with E-state index in [-0.39, 0.29) is 5.04 Å². The zero-order valence-corrected chi connectivity index (χ0v) is 18.2. The highest BCUT2D eigenvalue weighted by atomic mass is 28.4. The summed E-state index contributed by atoms with van der Waals surface area (Å²) in [5.74, 6) is 1.89. The zero-order chi connectivity index (χ0) is 18.2. The van der Waals surface area contributed by atoms with Crippen molar-refractivity contribution >= 4 is 14.6 Å². The number of hydrogen-bond acceptors (Lipinski definition) is 2. The Labute approximate surface area is 151 Å². The van der Waals surface area contributed by atoms with Gasteiger partial charge in [-0.25, -0.2) is 0 Å². The molecular formula is C21H40O2Si. The lowest BCUT2D eigenvalue weighted by atomic mass is 9.52. The number of carbonyl (C=O) groups excluding carboxylic acids is 1. The monoisotopic (exact) mass is 352 g/mol. The van der Waals surface area contributed by atoms with Crippen LogP contribution in [0.3, 0.4) is 0 Å². The normalized spacial score (nSPS) is 36.0. The van der Waals surface area contributed by atoms with E-state index in [4.69, 9.17) is 4.43 Å². The highest BCUT2D eigenvalue weighted by molar-refractivity contribution is 6.74. The molecule has 2 fully saturated rings. The van der Waals surface area contributed by atoms with E-state index in [9.17, 15) is 4.79 Å². The molecule has 0 aromatic rings. The number of aldehydes is 1. The van der Waals surface area contributed by atoms with Crippen LogP contribution in [0.2, 0.25) is 18.1 Å². The van der Waals surface area contributed by atoms with Crippen molar-refractivity contribution in [3.05, 3.63) is 0 Å². The van der Waals surface area contributed by atoms with E-state index in [1.54, 1.807) is 0 Å². The molecule has 0 radical (unpaired) electrons. The molecule has 0 spiro atoms. The Bertz CT molecular complexity index is 440. The van der Waals surface area contributed by atoms with Crippen LogP contribution in [-0.2, 0) is 9.22 Å². The molecule has 0 amide bonds. The van der Waals surface area contributed by atoms with Crippen molar-refractivity contribution in [3.63, 3.8) is 0 Å². The Hall–Kier alpha value is -0.153. The minimum absolute atomic E-state index is 0.278. The van der Waals surface area contributed by atoms with Crippen LogP contribution in [0.5, 0.6) is 0 Å². The first-order valence-corrected chi connectivity index (χ1v) is 13.0. The van der Waals surface area contributed by atoms with Gasteiger partial charge in [-0.2, -0.15) is 0 Å². The van der Waals surface area contributed by atoms with E-state index in [2.05, 4.69) is 47.7 Å². The topological polar surface area (TPSA) is 26.3 Å². The molecule has 2 aliphatic rings. The first-order valence-electron chi connectivity index (χ1n) is 10.1. The second-order valence-electron chi connectivity index (χ2n) is 10.3. The highest BCUT2D eigenvalue weighted by Crippen LogP contribution is 2.57. The average Bonchev–Trinajstić information content (AvgIpc) is 2.45. The molecule has 140 valence electrons. The third kappa shape index (κ3) is 3.82. The predicted octanol–water partition coefficient (Wildman–Crippen LogP) is 6.21. The molecule has 5 atom stereocenters. The van der Waals surface area contributed by atoms with Crippen LogP contribution in [0.4, 0.5) is 0 Å². The smallest absolute Gasteiger partial charge is 0.192 e. The molecule has 0 heterocycles. The van der Waals surface area contributed by atoms with Gasteiger partial charge >= 0.3 is 0 Å². The standard InChI is InChI=1S/C21H40O2Si/c1-16(13-15-22)17-10-8-11-18-19(12-9-14-21(17,18)5)23-24(6,7)20(2,3)4/h15-19H,8-14H2,1-7H3/t16-,17-,18+,19+,21-/m1/s1. The molecule has 0 aliphatic heterocycles. The van der Waals surface area contributed by atoms with Crippen molar-refractivity contribution in [2.75, 3.05) is 0 Å². The summed E-state index contributed by atoms with van der Waals surface area (Å²) < 4.78 is 6.94. The van der Waals surface area contributed by atoms with Crippen LogP contribution in [0.15, 0.2) is 0 Å². The lowest BCUT2D eigenvalue weighted by Gasteiger charge is -2.56. The van der Waals surface area contributed by atoms with E-state index in [1.165, 1.54) is 38.5 Å². The van der Waals surface area contributed by atoms with Gasteiger partial charge in [0.15, 0.2) is 8.32 Å². The molecular weight excluding hydrogens is 312 g/mol. The van der Waals surface area contributed by atoms with Crippen molar-refractivity contribution in [2.24, 2.45) is 23.2 Å². The van der Waals surface area contributed by atoms with Crippen LogP contribution in [0.1, 0.15) is 79.6 Å². The Morgan fingerprint density at radius 3 is 2.46 bits per heavy atom. The summed E-state index contributed by atoms with van der Waals surface area (Å²) in [6, 6.07) is 0. The van der Waals surface area contributed by atoms with Gasteiger partial charge in [-0.3, -0.25) is 0 Å². The number of fused-ring (bicyclic) bond motifs is 1. The Balaban J connectivity index is 2.21. The van der Waals surface area contributed by atoms with E-state index in [0.29, 0.717) is 29.3 Å². The van der Waals surface area contributed by atoms with Crippen LogP contribution >= 0.6 is 0 Å². The molecule has 24 heavy (non-hydrogen) atoms. The van der Waals surface area contributed by atoms with Crippen molar-refractivity contribution in [2.45, 2.75) is 104 Å². The predicted molar refractivity (Wildman–Crippen MR) is 105 cm³/mol. The first kappa shape index (κ1) is 20.2. The van der Waals surface area contributed by atoms with Gasteiger partial charge in [0.1, 0.15) is 6.29 Å². The van der Waals surface area contributed by atoms with E-state index in [0.717, 1.165) is 12.7 Å². The second-order valence-corrected chi connectivity index (χ2v) is 15.1. The van der Waals surface area contributed by atoms with Gasteiger partial charge < -0.3 is 9.22 Å². The third-order valence-corrected chi connectivity index (χ3v) is 12.3. The van der Waals surface area contributed by atoms with Crippen LogP contribution < -0.4 is 0 Å². The molecule has 2 rings (SSSR count). The lowest BCUT2D eigenvalue weighted by Crippen LogP contribution is -2.54. The fourth-order valence-electron chi connectivity index (χ4n) is 5.31. The van der Waals surface area contributed by atoms with Crippen LogP contribution in [-0.4, -0.2) is 20.7 Å². The summed E-state index contributed by atoms with van der Waals surface area (Å²) in [7, 11) is -1.72. The van der Waals surface area contributed by atoms with Gasteiger partial charge in [0.05, 0.1) is 0 Å². The van der Waals surface area contributed by atoms with Crippen molar-refractivity contribution < 1.29 is 9.22 Å². The number of carbonyl (C=O) groups is 1. The van der Waals surface area contributed by atoms with Crippen molar-refractivity contribution in [1.82, 2.24) is 0 Å². The zero-order valence-electron chi connectivity index (χ0n) is 17.2. The number of rotatable bonds is 5. The maximum absolute atomic E-state index is 11.1. The molecule has 0 N–H and O–H groups in total. The Morgan fingerprint density at radius 2 is 1.88 bits per heavy atom. The summed E-state index contributed by atoms with van der Waals surface area (Å²) in [6.07, 6.45) is 10.1. The molecule has 0 aromatic heterocycles. The summed E-state index contributed by atoms with van der Waals surface area (Å²) in [6.45, 7) is 16.6. The average molecular weight is 353 g/mol. The SMILES string of the molecule is C[C@H](CC=O)[C@H]1CCC[C@H]2[C@@H](O[Si](C)(C)C(C)(C)C)CCC[C@]12C. The maximum Gasteiger partial charge on any atom is 0.192 e. The molecule has 0 bridgehead atoms. The van der Waals surface area contributed by atoms with Crippen LogP contribution in [0.25, 0.3) is 0 Å². The first-order chi connectivity index (χ1) is 11.0. The van der Waals surface area contributed by atoms with Crippen LogP contribution in [0, 0.1) is 23.2 Å². The largest absolute Gasteiger partial charge is 0.414 e. The summed E-state index contributed by atoms with van der Waals surface area (Å²) >= 11 is 0. The number of hydrogen-bond donors (Lipinski definition) is 0. The van der Waals surface area contributed by atoms with Gasteiger partial charge in [-0.15, -0.1) is 0 Å². The highest BCUT2D eigenvalue weighted by Gasteiger charge is 2.52. The van der Waals surface area contributed by atoms with Gasteiger partial charge in [-0.05, 0) is 67.0 Å². The maximum atomic E-state index is 11.1. The van der Waals surface area contributed by atoms with E-state index >= 15 is 0 Å². The lowest BCUT2D eigenvalue weighted by molar-refractivity contribution is -0.112. The molecule has 0 aromatic carbocycles. The molecule has 0 unspecified atom stereocenters. The minimum atomic E-state index is -1.72. The van der Waals surface area contributed by atoms with Crippen molar-refractivity contribution in [1.29, 1.82) is 0 Å². The summed E-state index contributed by atoms with van der Waals surface area (Å²) in [5.41, 5.74) is 0.367. The van der Waals surface area contributed by atoms with Gasteiger partial charge in [-0.1, -0.05) is 47.5 Å². The second kappa shape index (κ2) is 7.23. The fourth-order valence-corrected chi connectivity index (χ4v) is 6.70. The van der Waals surface area contributed by atoms with E-state index < -0.39 is 8.32 Å². The third-order valence-electron chi connectivity index (χ3n) is 7.78. The van der Waals surface area contributed by atoms with E-state index in [1.807, 2.05) is 0 Å². The Morgan fingerprint density at radius 1 is 1.21 bits per heavy atom. The fraction of sp³-hybridized carbons (Fsp3) is 0.952. The molecule has 2 aliphatic carbocycles. The van der Waals surface area contributed by atoms with Gasteiger partial charge in [0, 0.05) is 12.5 Å². The minimum Gasteiger partial charge on any atom is -0.414 e. The molecule has 2 nitrogen and oxygen atoms in total. The quantitative estimate of drug-likeness (QED) is 0.434. The molecule has 0 saturated heterocycles. The Kier molecular flexibility index (Phi) is 6.07. The summed E-state index contributed by atoms with van der Waals surface area (Å²) in [5, 5.41) is 0.278. The van der Waals surface area contributed by atoms with Crippen molar-refractivity contribution in [3.8, 4) is 0 Å². The summed E-state index contributed by atoms with van der Waals surface area (Å²) in [4.78, 5) is 11.1. The van der Waals surface area contributed by atoms with Gasteiger partial charge in [0.25, 0.3) is 0 Å². The molecule has 3 heteroatoms. The van der Waals surface area contributed by atoms with Gasteiger partial charge in [0.2, 0.25) is 0 Å².